The van der Waals surface area contributed by atoms with Gasteiger partial charge in [0.15, 0.2) is 0 Å². The van der Waals surface area contributed by atoms with Crippen molar-refractivity contribution in [3.05, 3.63) is 22.4 Å². The Bertz CT molecular complexity index is 628. The Morgan fingerprint density at radius 3 is 2.95 bits per heavy atom. The second-order valence-corrected chi connectivity index (χ2v) is 6.69. The van der Waals surface area contributed by atoms with Crippen molar-refractivity contribution < 1.29 is 4.79 Å². The normalized spacial score (nSPS) is 11.5. The third-order valence-corrected chi connectivity index (χ3v) is 3.95. The van der Waals surface area contributed by atoms with E-state index in [2.05, 4.69) is 29.1 Å². The van der Waals surface area contributed by atoms with Gasteiger partial charge in [0, 0.05) is 11.9 Å². The number of carbonyl (C=O) groups is 1. The van der Waals surface area contributed by atoms with Crippen LogP contribution in [0.5, 0.6) is 0 Å². The molecular weight excluding hydrogens is 308 g/mol. The molecule has 7 heteroatoms. The van der Waals surface area contributed by atoms with E-state index >= 15 is 0 Å². The zero-order valence-corrected chi connectivity index (χ0v) is 14.0. The first-order valence-electron chi connectivity index (χ1n) is 6.80. The van der Waals surface area contributed by atoms with Crippen molar-refractivity contribution in [1.29, 1.82) is 0 Å². The Balaban J connectivity index is 1.94. The summed E-state index contributed by atoms with van der Waals surface area (Å²) in [6, 6.07) is 1.91. The SMILES string of the molecule is CC(C)CNC(=O)CN(C)Cc1nc(Cl)c2ccsc2n1. The van der Waals surface area contributed by atoms with Crippen LogP contribution in [0.1, 0.15) is 19.7 Å². The van der Waals surface area contributed by atoms with Crippen LogP contribution >= 0.6 is 22.9 Å². The highest BCUT2D eigenvalue weighted by Gasteiger charge is 2.11. The molecule has 0 spiro atoms. The Morgan fingerprint density at radius 1 is 1.48 bits per heavy atom. The van der Waals surface area contributed by atoms with E-state index < -0.39 is 0 Å². The van der Waals surface area contributed by atoms with Gasteiger partial charge in [0.25, 0.3) is 0 Å². The number of rotatable bonds is 6. The fourth-order valence-electron chi connectivity index (χ4n) is 1.85. The highest BCUT2D eigenvalue weighted by Crippen LogP contribution is 2.24. The predicted molar refractivity (Wildman–Crippen MR) is 86.6 cm³/mol. The Morgan fingerprint density at radius 2 is 2.24 bits per heavy atom. The van der Waals surface area contributed by atoms with Crippen LogP contribution in [-0.4, -0.2) is 40.9 Å². The van der Waals surface area contributed by atoms with E-state index in [0.29, 0.717) is 36.5 Å². The van der Waals surface area contributed by atoms with Crippen molar-refractivity contribution in [2.45, 2.75) is 20.4 Å². The van der Waals surface area contributed by atoms with Gasteiger partial charge in [0.05, 0.1) is 13.1 Å². The molecule has 0 unspecified atom stereocenters. The molecular formula is C14H19ClN4OS. The van der Waals surface area contributed by atoms with Crippen LogP contribution in [-0.2, 0) is 11.3 Å². The molecule has 0 radical (unpaired) electrons. The molecule has 1 amide bonds. The number of hydrogen-bond donors (Lipinski definition) is 1. The maximum absolute atomic E-state index is 11.8. The van der Waals surface area contributed by atoms with Gasteiger partial charge in [0.1, 0.15) is 15.8 Å². The molecule has 2 aromatic heterocycles. The number of nitrogens with one attached hydrogen (secondary N) is 1. The summed E-state index contributed by atoms with van der Waals surface area (Å²) in [6.45, 7) is 5.63. The van der Waals surface area contributed by atoms with Gasteiger partial charge in [-0.3, -0.25) is 9.69 Å². The van der Waals surface area contributed by atoms with E-state index in [9.17, 15) is 4.79 Å². The molecule has 0 saturated carbocycles. The lowest BCUT2D eigenvalue weighted by Crippen LogP contribution is -2.36. The van der Waals surface area contributed by atoms with Crippen molar-refractivity contribution in [2.75, 3.05) is 20.1 Å². The zero-order valence-electron chi connectivity index (χ0n) is 12.4. The topological polar surface area (TPSA) is 58.1 Å². The number of nitrogens with zero attached hydrogens (tertiary/aromatic N) is 3. The minimum absolute atomic E-state index is 0.00880. The summed E-state index contributed by atoms with van der Waals surface area (Å²) in [5.74, 6) is 1.09. The molecule has 2 rings (SSSR count). The van der Waals surface area contributed by atoms with Gasteiger partial charge in [0.2, 0.25) is 5.91 Å². The molecule has 5 nitrogen and oxygen atoms in total. The first kappa shape index (κ1) is 16.1. The van der Waals surface area contributed by atoms with E-state index in [-0.39, 0.29) is 5.91 Å². The van der Waals surface area contributed by atoms with Gasteiger partial charge in [-0.1, -0.05) is 25.4 Å². The maximum atomic E-state index is 11.8. The van der Waals surface area contributed by atoms with Gasteiger partial charge >= 0.3 is 0 Å². The number of fused-ring (bicyclic) bond motifs is 1. The van der Waals surface area contributed by atoms with E-state index in [4.69, 9.17) is 11.6 Å². The predicted octanol–water partition coefficient (Wildman–Crippen LogP) is 2.55. The molecule has 0 aliphatic rings. The highest BCUT2D eigenvalue weighted by atomic mass is 35.5. The van der Waals surface area contributed by atoms with Crippen LogP contribution in [0.2, 0.25) is 5.15 Å². The summed E-state index contributed by atoms with van der Waals surface area (Å²) in [5.41, 5.74) is 0. The second-order valence-electron chi connectivity index (χ2n) is 5.44. The summed E-state index contributed by atoms with van der Waals surface area (Å²) in [4.78, 5) is 23.3. The quantitative estimate of drug-likeness (QED) is 0.829. The third-order valence-electron chi connectivity index (χ3n) is 2.86. The molecule has 0 saturated heterocycles. The number of likely N-dealkylation sites (N-methyl/N-ethyl adjacent to an activating group) is 1. The fraction of sp³-hybridized carbons (Fsp3) is 0.500. The van der Waals surface area contributed by atoms with Crippen molar-refractivity contribution >= 4 is 39.1 Å². The van der Waals surface area contributed by atoms with Gasteiger partial charge < -0.3 is 5.32 Å². The van der Waals surface area contributed by atoms with Crippen LogP contribution in [0.3, 0.4) is 0 Å². The summed E-state index contributed by atoms with van der Waals surface area (Å²) in [7, 11) is 1.87. The largest absolute Gasteiger partial charge is 0.355 e. The Kier molecular flexibility index (Phi) is 5.50. The minimum atomic E-state index is 0.00880. The lowest BCUT2D eigenvalue weighted by atomic mass is 10.2. The van der Waals surface area contributed by atoms with Crippen LogP contribution in [0.4, 0.5) is 0 Å². The van der Waals surface area contributed by atoms with Crippen LogP contribution in [0.25, 0.3) is 10.2 Å². The lowest BCUT2D eigenvalue weighted by molar-refractivity contribution is -0.122. The molecule has 21 heavy (non-hydrogen) atoms. The second kappa shape index (κ2) is 7.15. The van der Waals surface area contributed by atoms with Crippen molar-refractivity contribution in [1.82, 2.24) is 20.2 Å². The maximum Gasteiger partial charge on any atom is 0.234 e. The highest BCUT2D eigenvalue weighted by molar-refractivity contribution is 7.16. The molecule has 0 aliphatic heterocycles. The van der Waals surface area contributed by atoms with E-state index in [1.165, 1.54) is 11.3 Å². The van der Waals surface area contributed by atoms with Gasteiger partial charge in [-0.2, -0.15) is 0 Å². The molecule has 0 aliphatic carbocycles. The monoisotopic (exact) mass is 326 g/mol. The van der Waals surface area contributed by atoms with Crippen molar-refractivity contribution in [2.24, 2.45) is 5.92 Å². The van der Waals surface area contributed by atoms with E-state index in [0.717, 1.165) is 10.2 Å². The molecule has 0 atom stereocenters. The molecule has 114 valence electrons. The van der Waals surface area contributed by atoms with Gasteiger partial charge in [-0.25, -0.2) is 9.97 Å². The zero-order chi connectivity index (χ0) is 15.4. The number of aromatic nitrogens is 2. The molecule has 0 aromatic carbocycles. The smallest absolute Gasteiger partial charge is 0.234 e. The third kappa shape index (κ3) is 4.62. The van der Waals surface area contributed by atoms with Crippen molar-refractivity contribution in [3.63, 3.8) is 0 Å². The van der Waals surface area contributed by atoms with Crippen LogP contribution in [0, 0.1) is 5.92 Å². The van der Waals surface area contributed by atoms with E-state index in [1.807, 2.05) is 23.4 Å². The molecule has 2 heterocycles. The average molecular weight is 327 g/mol. The first-order chi connectivity index (χ1) is 9.95. The summed E-state index contributed by atoms with van der Waals surface area (Å²) in [5, 5.41) is 6.18. The Hall–Kier alpha value is -1.24. The molecule has 1 N–H and O–H groups in total. The fourth-order valence-corrected chi connectivity index (χ4v) is 2.94. The standard InChI is InChI=1S/C14H19ClN4OS/c1-9(2)6-16-12(20)8-19(3)7-11-17-13(15)10-4-5-21-14(10)18-11/h4-5,9H,6-8H2,1-3H3,(H,16,20). The number of amides is 1. The van der Waals surface area contributed by atoms with Gasteiger partial charge in [-0.15, -0.1) is 11.3 Å². The number of hydrogen-bond acceptors (Lipinski definition) is 5. The van der Waals surface area contributed by atoms with E-state index in [1.54, 1.807) is 0 Å². The summed E-state index contributed by atoms with van der Waals surface area (Å²) >= 11 is 7.67. The van der Waals surface area contributed by atoms with Crippen LogP contribution in [0.15, 0.2) is 11.4 Å². The summed E-state index contributed by atoms with van der Waals surface area (Å²) in [6.07, 6.45) is 0. The number of thiophene rings is 1. The Labute approximate surface area is 133 Å². The molecule has 0 fully saturated rings. The number of carbonyl (C=O) groups excluding carboxylic acids is 1. The van der Waals surface area contributed by atoms with Gasteiger partial charge in [-0.05, 0) is 24.4 Å². The summed E-state index contributed by atoms with van der Waals surface area (Å²) < 4.78 is 0. The first-order valence-corrected chi connectivity index (χ1v) is 8.06. The molecule has 0 bridgehead atoms. The average Bonchev–Trinajstić information content (AvgIpc) is 2.84. The number of halogens is 1. The lowest BCUT2D eigenvalue weighted by Gasteiger charge is -2.16. The van der Waals surface area contributed by atoms with Crippen molar-refractivity contribution in [3.8, 4) is 0 Å². The molecule has 2 aromatic rings. The minimum Gasteiger partial charge on any atom is -0.355 e. The van der Waals surface area contributed by atoms with Crippen LogP contribution < -0.4 is 5.32 Å².